The van der Waals surface area contributed by atoms with E-state index in [0.29, 0.717) is 17.4 Å². The van der Waals surface area contributed by atoms with E-state index in [4.69, 9.17) is 0 Å². The van der Waals surface area contributed by atoms with Crippen LogP contribution in [0.4, 0.5) is 0 Å². The summed E-state index contributed by atoms with van der Waals surface area (Å²) in [6.07, 6.45) is 2.73. The van der Waals surface area contributed by atoms with Gasteiger partial charge in [0.2, 0.25) is 10.0 Å². The standard InChI is InChI=1S/C20H27NO2S/c1-4-5-13-21-24(22,23)20-12-11-17(14-16(2)3)15-19(20)18-9-7-6-8-10-18/h6-12,15-16,21H,4-5,13-14H2,1-3H3. The first-order valence-corrected chi connectivity index (χ1v) is 10.1. The minimum atomic E-state index is -3.51. The fraction of sp³-hybridized carbons (Fsp3) is 0.400. The molecule has 24 heavy (non-hydrogen) atoms. The van der Waals surface area contributed by atoms with Gasteiger partial charge in [0, 0.05) is 12.1 Å². The van der Waals surface area contributed by atoms with E-state index < -0.39 is 10.0 Å². The highest BCUT2D eigenvalue weighted by atomic mass is 32.2. The molecule has 0 unspecified atom stereocenters. The molecule has 1 N–H and O–H groups in total. The van der Waals surface area contributed by atoms with Crippen molar-refractivity contribution in [3.05, 3.63) is 54.1 Å². The topological polar surface area (TPSA) is 46.2 Å². The van der Waals surface area contributed by atoms with E-state index in [9.17, 15) is 8.42 Å². The van der Waals surface area contributed by atoms with Gasteiger partial charge in [0.05, 0.1) is 4.90 Å². The van der Waals surface area contributed by atoms with Gasteiger partial charge in [-0.25, -0.2) is 13.1 Å². The third kappa shape index (κ3) is 4.92. The van der Waals surface area contributed by atoms with Crippen molar-refractivity contribution in [2.45, 2.75) is 44.9 Å². The Balaban J connectivity index is 2.47. The summed E-state index contributed by atoms with van der Waals surface area (Å²) in [5, 5.41) is 0. The fourth-order valence-electron chi connectivity index (χ4n) is 2.71. The van der Waals surface area contributed by atoms with Crippen LogP contribution in [0.15, 0.2) is 53.4 Å². The van der Waals surface area contributed by atoms with Crippen molar-refractivity contribution in [2.24, 2.45) is 5.92 Å². The zero-order valence-electron chi connectivity index (χ0n) is 14.7. The number of rotatable bonds is 8. The quantitative estimate of drug-likeness (QED) is 0.709. The number of nitrogens with one attached hydrogen (secondary N) is 1. The van der Waals surface area contributed by atoms with E-state index in [0.717, 1.165) is 36.0 Å². The molecule has 0 bridgehead atoms. The maximum absolute atomic E-state index is 12.7. The van der Waals surface area contributed by atoms with Crippen LogP contribution >= 0.6 is 0 Å². The molecule has 0 radical (unpaired) electrons. The van der Waals surface area contributed by atoms with Crippen LogP contribution in [-0.4, -0.2) is 15.0 Å². The van der Waals surface area contributed by atoms with Gasteiger partial charge < -0.3 is 0 Å². The highest BCUT2D eigenvalue weighted by Crippen LogP contribution is 2.29. The van der Waals surface area contributed by atoms with Gasteiger partial charge in [-0.2, -0.15) is 0 Å². The van der Waals surface area contributed by atoms with Crippen molar-refractivity contribution >= 4 is 10.0 Å². The second-order valence-electron chi connectivity index (χ2n) is 6.55. The fourth-order valence-corrected chi connectivity index (χ4v) is 4.00. The molecule has 0 atom stereocenters. The van der Waals surface area contributed by atoms with Crippen LogP contribution in [0.3, 0.4) is 0 Å². The third-order valence-corrected chi connectivity index (χ3v) is 5.40. The van der Waals surface area contributed by atoms with E-state index in [1.165, 1.54) is 0 Å². The molecule has 2 aromatic rings. The first kappa shape index (κ1) is 18.7. The van der Waals surface area contributed by atoms with Crippen LogP contribution < -0.4 is 4.72 Å². The number of hydrogen-bond acceptors (Lipinski definition) is 2. The minimum Gasteiger partial charge on any atom is -0.211 e. The molecule has 3 nitrogen and oxygen atoms in total. The summed E-state index contributed by atoms with van der Waals surface area (Å²) in [4.78, 5) is 0.359. The van der Waals surface area contributed by atoms with Gasteiger partial charge in [-0.3, -0.25) is 0 Å². The molecule has 130 valence electrons. The number of sulfonamides is 1. The smallest absolute Gasteiger partial charge is 0.211 e. The predicted molar refractivity (Wildman–Crippen MR) is 101 cm³/mol. The summed E-state index contributed by atoms with van der Waals surface area (Å²) in [6.45, 7) is 6.85. The van der Waals surface area contributed by atoms with E-state index in [1.807, 2.05) is 49.4 Å². The molecule has 2 rings (SSSR count). The molecule has 0 aliphatic heterocycles. The lowest BCUT2D eigenvalue weighted by atomic mass is 9.98. The van der Waals surface area contributed by atoms with Crippen molar-refractivity contribution in [1.82, 2.24) is 4.72 Å². The molecule has 0 aromatic heterocycles. The molecule has 2 aromatic carbocycles. The Morgan fingerprint density at radius 3 is 2.38 bits per heavy atom. The van der Waals surface area contributed by atoms with Crippen LogP contribution in [0.2, 0.25) is 0 Å². The van der Waals surface area contributed by atoms with Gasteiger partial charge in [0.25, 0.3) is 0 Å². The summed E-state index contributed by atoms with van der Waals surface area (Å²) in [5.74, 6) is 0.527. The lowest BCUT2D eigenvalue weighted by molar-refractivity contribution is 0.578. The normalized spacial score (nSPS) is 11.8. The summed E-state index contributed by atoms with van der Waals surface area (Å²) < 4.78 is 28.2. The van der Waals surface area contributed by atoms with Crippen LogP contribution in [0, 0.1) is 5.92 Å². The number of hydrogen-bond donors (Lipinski definition) is 1. The van der Waals surface area contributed by atoms with Gasteiger partial charge in [-0.15, -0.1) is 0 Å². The highest BCUT2D eigenvalue weighted by molar-refractivity contribution is 7.89. The maximum Gasteiger partial charge on any atom is 0.241 e. The summed E-state index contributed by atoms with van der Waals surface area (Å²) in [6, 6.07) is 15.4. The Hall–Kier alpha value is -1.65. The van der Waals surface area contributed by atoms with Crippen LogP contribution in [0.5, 0.6) is 0 Å². The van der Waals surface area contributed by atoms with Gasteiger partial charge in [0.15, 0.2) is 0 Å². The molecule has 4 heteroatoms. The van der Waals surface area contributed by atoms with Crippen molar-refractivity contribution < 1.29 is 8.42 Å². The lowest BCUT2D eigenvalue weighted by Gasteiger charge is -2.14. The molecule has 0 spiro atoms. The van der Waals surface area contributed by atoms with Crippen molar-refractivity contribution in [3.8, 4) is 11.1 Å². The second-order valence-corrected chi connectivity index (χ2v) is 8.28. The highest BCUT2D eigenvalue weighted by Gasteiger charge is 2.19. The van der Waals surface area contributed by atoms with Crippen LogP contribution in [-0.2, 0) is 16.4 Å². The first-order chi connectivity index (χ1) is 11.4. The SMILES string of the molecule is CCCCNS(=O)(=O)c1ccc(CC(C)C)cc1-c1ccccc1. The Kier molecular flexibility index (Phi) is 6.58. The largest absolute Gasteiger partial charge is 0.241 e. The molecular weight excluding hydrogens is 318 g/mol. The van der Waals surface area contributed by atoms with Crippen molar-refractivity contribution in [1.29, 1.82) is 0 Å². The number of benzene rings is 2. The van der Waals surface area contributed by atoms with Crippen molar-refractivity contribution in [2.75, 3.05) is 6.54 Å². The summed E-state index contributed by atoms with van der Waals surface area (Å²) >= 11 is 0. The zero-order valence-corrected chi connectivity index (χ0v) is 15.6. The van der Waals surface area contributed by atoms with Crippen molar-refractivity contribution in [3.63, 3.8) is 0 Å². The Morgan fingerprint density at radius 1 is 1.04 bits per heavy atom. The van der Waals surface area contributed by atoms with Gasteiger partial charge in [-0.05, 0) is 42.0 Å². The average Bonchev–Trinajstić information content (AvgIpc) is 2.55. The zero-order chi connectivity index (χ0) is 17.6. The first-order valence-electron chi connectivity index (χ1n) is 8.62. The van der Waals surface area contributed by atoms with Gasteiger partial charge >= 0.3 is 0 Å². The van der Waals surface area contributed by atoms with Gasteiger partial charge in [-0.1, -0.05) is 63.6 Å². The molecule has 0 heterocycles. The molecule has 0 aliphatic carbocycles. The van der Waals surface area contributed by atoms with E-state index in [-0.39, 0.29) is 0 Å². The molecule has 0 aliphatic rings. The molecular formula is C20H27NO2S. The Labute approximate surface area is 146 Å². The molecule has 0 saturated carbocycles. The summed E-state index contributed by atoms with van der Waals surface area (Å²) in [7, 11) is -3.51. The van der Waals surface area contributed by atoms with Gasteiger partial charge in [0.1, 0.15) is 0 Å². The Morgan fingerprint density at radius 2 is 1.75 bits per heavy atom. The second kappa shape index (κ2) is 8.45. The molecule has 0 fully saturated rings. The monoisotopic (exact) mass is 345 g/mol. The number of unbranched alkanes of at least 4 members (excludes halogenated alkanes) is 1. The molecule has 0 saturated heterocycles. The van der Waals surface area contributed by atoms with Crippen LogP contribution in [0.25, 0.3) is 11.1 Å². The van der Waals surface area contributed by atoms with E-state index in [2.05, 4.69) is 18.6 Å². The molecule has 0 amide bonds. The van der Waals surface area contributed by atoms with E-state index >= 15 is 0 Å². The minimum absolute atomic E-state index is 0.359. The summed E-state index contributed by atoms with van der Waals surface area (Å²) in [5.41, 5.74) is 2.87. The maximum atomic E-state index is 12.7. The van der Waals surface area contributed by atoms with E-state index in [1.54, 1.807) is 6.07 Å². The van der Waals surface area contributed by atoms with Crippen LogP contribution in [0.1, 0.15) is 39.2 Å². The Bertz CT molecular complexity index is 752. The average molecular weight is 346 g/mol. The predicted octanol–water partition coefficient (Wildman–Crippen LogP) is 4.63. The lowest BCUT2D eigenvalue weighted by Crippen LogP contribution is -2.25. The third-order valence-electron chi connectivity index (χ3n) is 3.88.